The van der Waals surface area contributed by atoms with Gasteiger partial charge in [0.25, 0.3) is 5.69 Å². The average molecular weight is 254 g/mol. The van der Waals surface area contributed by atoms with Crippen molar-refractivity contribution in [1.29, 1.82) is 0 Å². The Labute approximate surface area is 102 Å². The minimum Gasteiger partial charge on any atom is -0.480 e. The van der Waals surface area contributed by atoms with Crippen molar-refractivity contribution in [3.8, 4) is 0 Å². The fourth-order valence-electron chi connectivity index (χ4n) is 1.75. The summed E-state index contributed by atoms with van der Waals surface area (Å²) in [4.78, 5) is 20.8. The van der Waals surface area contributed by atoms with Crippen LogP contribution in [0.1, 0.15) is 12.8 Å². The number of halogens is 1. The second-order valence-electron chi connectivity index (χ2n) is 4.25. The summed E-state index contributed by atoms with van der Waals surface area (Å²) >= 11 is 0. The number of anilines is 1. The highest BCUT2D eigenvalue weighted by Crippen LogP contribution is 2.35. The van der Waals surface area contributed by atoms with E-state index in [-0.39, 0.29) is 11.6 Å². The first-order valence-corrected chi connectivity index (χ1v) is 5.41. The molecule has 18 heavy (non-hydrogen) atoms. The molecule has 96 valence electrons. The zero-order valence-electron chi connectivity index (χ0n) is 9.30. The minimum atomic E-state index is -1.04. The van der Waals surface area contributed by atoms with Crippen LogP contribution in [0.15, 0.2) is 18.2 Å². The van der Waals surface area contributed by atoms with Crippen molar-refractivity contribution in [2.45, 2.75) is 18.9 Å². The molecule has 6 nitrogen and oxygen atoms in total. The molecule has 7 heteroatoms. The van der Waals surface area contributed by atoms with Crippen LogP contribution in [0.25, 0.3) is 0 Å². The molecular weight excluding hydrogens is 243 g/mol. The van der Waals surface area contributed by atoms with E-state index < -0.39 is 28.4 Å². The normalized spacial score (nSPS) is 16.1. The molecule has 1 aromatic rings. The van der Waals surface area contributed by atoms with Gasteiger partial charge in [0.05, 0.1) is 11.0 Å². The highest BCUT2D eigenvalue weighted by Gasteiger charge is 2.36. The maximum atomic E-state index is 13.2. The highest BCUT2D eigenvalue weighted by atomic mass is 19.1. The number of non-ortho nitro benzene ring substituents is 1. The van der Waals surface area contributed by atoms with Gasteiger partial charge in [-0.2, -0.15) is 0 Å². The fourth-order valence-corrected chi connectivity index (χ4v) is 1.75. The Morgan fingerprint density at radius 1 is 1.50 bits per heavy atom. The Hall–Kier alpha value is -2.18. The van der Waals surface area contributed by atoms with Crippen LogP contribution in [0.5, 0.6) is 0 Å². The number of hydrogen-bond acceptors (Lipinski definition) is 4. The number of carboxylic acids is 1. The van der Waals surface area contributed by atoms with E-state index in [1.807, 2.05) is 0 Å². The van der Waals surface area contributed by atoms with Crippen LogP contribution in [-0.4, -0.2) is 22.0 Å². The number of carbonyl (C=O) groups is 1. The summed E-state index contributed by atoms with van der Waals surface area (Å²) in [5, 5.41) is 22.2. The number of rotatable bonds is 5. The molecule has 1 saturated carbocycles. The van der Waals surface area contributed by atoms with Crippen molar-refractivity contribution in [2.75, 3.05) is 5.32 Å². The fraction of sp³-hybridized carbons (Fsp3) is 0.364. The lowest BCUT2D eigenvalue weighted by Crippen LogP contribution is -2.31. The van der Waals surface area contributed by atoms with Crippen LogP contribution in [0, 0.1) is 21.8 Å². The van der Waals surface area contributed by atoms with Gasteiger partial charge in [-0.3, -0.25) is 10.1 Å². The Bertz CT molecular complexity index is 502. The molecule has 1 atom stereocenters. The topological polar surface area (TPSA) is 92.5 Å². The Morgan fingerprint density at radius 3 is 2.67 bits per heavy atom. The molecule has 1 aliphatic carbocycles. The van der Waals surface area contributed by atoms with Crippen LogP contribution in [0.4, 0.5) is 15.8 Å². The molecule has 0 spiro atoms. The molecular formula is C11H11FN2O4. The van der Waals surface area contributed by atoms with Crippen molar-refractivity contribution >= 4 is 17.3 Å². The van der Waals surface area contributed by atoms with E-state index in [2.05, 4.69) is 5.32 Å². The van der Waals surface area contributed by atoms with E-state index in [9.17, 15) is 19.3 Å². The van der Waals surface area contributed by atoms with Gasteiger partial charge in [0.15, 0.2) is 0 Å². The first-order chi connectivity index (χ1) is 8.47. The third-order valence-corrected chi connectivity index (χ3v) is 2.77. The lowest BCUT2D eigenvalue weighted by Gasteiger charge is -2.14. The van der Waals surface area contributed by atoms with Crippen molar-refractivity contribution in [2.24, 2.45) is 5.92 Å². The molecule has 1 aromatic carbocycles. The van der Waals surface area contributed by atoms with E-state index in [0.717, 1.165) is 31.0 Å². The van der Waals surface area contributed by atoms with Crippen LogP contribution >= 0.6 is 0 Å². The van der Waals surface area contributed by atoms with Gasteiger partial charge in [-0.05, 0) is 24.8 Å². The zero-order chi connectivity index (χ0) is 13.3. The van der Waals surface area contributed by atoms with Gasteiger partial charge in [0.1, 0.15) is 11.9 Å². The zero-order valence-corrected chi connectivity index (χ0v) is 9.30. The monoisotopic (exact) mass is 254 g/mol. The summed E-state index contributed by atoms with van der Waals surface area (Å²) in [6, 6.07) is 2.14. The van der Waals surface area contributed by atoms with E-state index >= 15 is 0 Å². The third-order valence-electron chi connectivity index (χ3n) is 2.77. The van der Waals surface area contributed by atoms with Gasteiger partial charge in [-0.25, -0.2) is 9.18 Å². The number of benzene rings is 1. The Balaban J connectivity index is 2.22. The maximum absolute atomic E-state index is 13.2. The first-order valence-electron chi connectivity index (χ1n) is 5.41. The number of nitro groups is 1. The highest BCUT2D eigenvalue weighted by molar-refractivity contribution is 5.78. The summed E-state index contributed by atoms with van der Waals surface area (Å²) in [6.45, 7) is 0. The van der Waals surface area contributed by atoms with E-state index in [1.54, 1.807) is 0 Å². The lowest BCUT2D eigenvalue weighted by atomic mass is 10.1. The van der Waals surface area contributed by atoms with Crippen LogP contribution in [0.3, 0.4) is 0 Å². The predicted octanol–water partition coefficient (Wildman–Crippen LogP) is 2.01. The standard InChI is InChI=1S/C11H11FN2O4/c12-7-3-8(5-9(4-7)14(17)18)13-10(11(15)16)6-1-2-6/h3-6,10,13H,1-2H2,(H,15,16). The van der Waals surface area contributed by atoms with Crippen LogP contribution in [-0.2, 0) is 4.79 Å². The van der Waals surface area contributed by atoms with Crippen molar-refractivity contribution in [3.63, 3.8) is 0 Å². The first kappa shape index (κ1) is 12.3. The van der Waals surface area contributed by atoms with Gasteiger partial charge in [0, 0.05) is 11.8 Å². The lowest BCUT2D eigenvalue weighted by molar-refractivity contribution is -0.385. The Morgan fingerprint density at radius 2 is 2.17 bits per heavy atom. The number of nitrogens with one attached hydrogen (secondary N) is 1. The summed E-state index contributed by atoms with van der Waals surface area (Å²) in [5.41, 5.74) is -0.293. The molecule has 0 heterocycles. The van der Waals surface area contributed by atoms with Crippen molar-refractivity contribution < 1.29 is 19.2 Å². The average Bonchev–Trinajstić information content (AvgIpc) is 3.08. The summed E-state index contributed by atoms with van der Waals surface area (Å²) < 4.78 is 13.2. The van der Waals surface area contributed by atoms with Gasteiger partial charge in [0.2, 0.25) is 0 Å². The molecule has 2 N–H and O–H groups in total. The van der Waals surface area contributed by atoms with Crippen LogP contribution in [0.2, 0.25) is 0 Å². The molecule has 0 bridgehead atoms. The van der Waals surface area contributed by atoms with E-state index in [0.29, 0.717) is 0 Å². The molecule has 0 amide bonds. The van der Waals surface area contributed by atoms with Gasteiger partial charge >= 0.3 is 5.97 Å². The molecule has 1 aliphatic rings. The van der Waals surface area contributed by atoms with Gasteiger partial charge in [-0.15, -0.1) is 0 Å². The largest absolute Gasteiger partial charge is 0.480 e. The SMILES string of the molecule is O=C(O)C(Nc1cc(F)cc([N+](=O)[O-])c1)C1CC1. The van der Waals surface area contributed by atoms with Crippen molar-refractivity contribution in [3.05, 3.63) is 34.1 Å². The molecule has 1 fully saturated rings. The predicted molar refractivity (Wildman–Crippen MR) is 60.8 cm³/mol. The molecule has 0 aromatic heterocycles. The van der Waals surface area contributed by atoms with Gasteiger partial charge in [-0.1, -0.05) is 0 Å². The molecule has 2 rings (SSSR count). The number of aliphatic carboxylic acids is 1. The second kappa shape index (κ2) is 4.59. The molecule has 0 saturated heterocycles. The van der Waals surface area contributed by atoms with Gasteiger partial charge < -0.3 is 10.4 Å². The number of hydrogen-bond donors (Lipinski definition) is 2. The quantitative estimate of drug-likeness (QED) is 0.619. The smallest absolute Gasteiger partial charge is 0.326 e. The van der Waals surface area contributed by atoms with E-state index in [1.165, 1.54) is 0 Å². The molecule has 1 unspecified atom stereocenters. The Kier molecular flexibility index (Phi) is 3.14. The number of carboxylic acid groups (broad SMARTS) is 1. The molecule has 0 radical (unpaired) electrons. The summed E-state index contributed by atoms with van der Waals surface area (Å²) in [7, 11) is 0. The minimum absolute atomic E-state index is 0.00447. The number of nitro benzene ring substituents is 1. The van der Waals surface area contributed by atoms with Crippen molar-refractivity contribution in [1.82, 2.24) is 0 Å². The second-order valence-corrected chi connectivity index (χ2v) is 4.25. The van der Waals surface area contributed by atoms with Crippen LogP contribution < -0.4 is 5.32 Å². The van der Waals surface area contributed by atoms with E-state index in [4.69, 9.17) is 5.11 Å². The summed E-state index contributed by atoms with van der Waals surface area (Å²) in [6.07, 6.45) is 1.59. The third kappa shape index (κ3) is 2.73. The number of nitrogens with zero attached hydrogens (tertiary/aromatic N) is 1. The maximum Gasteiger partial charge on any atom is 0.326 e. The summed E-state index contributed by atoms with van der Waals surface area (Å²) in [5.74, 6) is -1.80. The molecule has 0 aliphatic heterocycles.